The Balaban J connectivity index is 2.32. The Hall–Kier alpha value is -1.10. The van der Waals surface area contributed by atoms with E-state index in [1.807, 2.05) is 11.8 Å². The number of likely N-dealkylation sites (tertiary alicyclic amines) is 1. The molecule has 0 radical (unpaired) electrons. The number of nitrogens with one attached hydrogen (secondary N) is 1. The van der Waals surface area contributed by atoms with Crippen LogP contribution in [0.15, 0.2) is 0 Å². The van der Waals surface area contributed by atoms with Gasteiger partial charge in [0.25, 0.3) is 0 Å². The van der Waals surface area contributed by atoms with Crippen LogP contribution in [0.2, 0.25) is 0 Å². The molecular formula is C15H29N3O2. The molecule has 20 heavy (non-hydrogen) atoms. The highest BCUT2D eigenvalue weighted by atomic mass is 16.2. The topological polar surface area (TPSA) is 75.4 Å². The van der Waals surface area contributed by atoms with E-state index in [0.29, 0.717) is 13.1 Å². The standard InChI is InChI=1S/C15H29N3O2/c1-3-5-9-17-14(19)12-7-10-18(11-8-12)15(20)13(16)6-4-2/h12-13H,3-11,16H2,1-2H3,(H,17,19)/t13-/m1/s1. The van der Waals surface area contributed by atoms with Crippen LogP contribution in [-0.2, 0) is 9.59 Å². The molecule has 0 aliphatic carbocycles. The van der Waals surface area contributed by atoms with E-state index >= 15 is 0 Å². The average Bonchev–Trinajstić information content (AvgIpc) is 2.47. The summed E-state index contributed by atoms with van der Waals surface area (Å²) < 4.78 is 0. The van der Waals surface area contributed by atoms with E-state index in [2.05, 4.69) is 12.2 Å². The lowest BCUT2D eigenvalue weighted by Gasteiger charge is -2.33. The number of hydrogen-bond acceptors (Lipinski definition) is 3. The summed E-state index contributed by atoms with van der Waals surface area (Å²) in [5.74, 6) is 0.235. The summed E-state index contributed by atoms with van der Waals surface area (Å²) in [5, 5.41) is 2.97. The summed E-state index contributed by atoms with van der Waals surface area (Å²) in [7, 11) is 0. The highest BCUT2D eigenvalue weighted by molar-refractivity contribution is 5.82. The van der Waals surface area contributed by atoms with Crippen LogP contribution in [0.1, 0.15) is 52.4 Å². The fraction of sp³-hybridized carbons (Fsp3) is 0.867. The lowest BCUT2D eigenvalue weighted by Crippen LogP contribution is -2.48. The van der Waals surface area contributed by atoms with Gasteiger partial charge in [-0.25, -0.2) is 0 Å². The maximum absolute atomic E-state index is 12.1. The minimum atomic E-state index is -0.380. The molecule has 1 aliphatic rings. The fourth-order valence-electron chi connectivity index (χ4n) is 2.56. The maximum Gasteiger partial charge on any atom is 0.239 e. The number of rotatable bonds is 7. The molecule has 0 aromatic heterocycles. The Labute approximate surface area is 122 Å². The summed E-state index contributed by atoms with van der Waals surface area (Å²) in [4.78, 5) is 25.8. The predicted molar refractivity (Wildman–Crippen MR) is 80.1 cm³/mol. The minimum Gasteiger partial charge on any atom is -0.356 e. The second-order valence-corrected chi connectivity index (χ2v) is 5.64. The van der Waals surface area contributed by atoms with Gasteiger partial charge in [-0.2, -0.15) is 0 Å². The first kappa shape index (κ1) is 17.0. The van der Waals surface area contributed by atoms with Crippen molar-refractivity contribution in [1.29, 1.82) is 0 Å². The van der Waals surface area contributed by atoms with Crippen molar-refractivity contribution in [2.45, 2.75) is 58.4 Å². The van der Waals surface area contributed by atoms with Crippen molar-refractivity contribution < 1.29 is 9.59 Å². The van der Waals surface area contributed by atoms with Crippen molar-refractivity contribution in [2.75, 3.05) is 19.6 Å². The van der Waals surface area contributed by atoms with Gasteiger partial charge in [0.15, 0.2) is 0 Å². The van der Waals surface area contributed by atoms with Crippen LogP contribution in [0.5, 0.6) is 0 Å². The number of piperidine rings is 1. The lowest BCUT2D eigenvalue weighted by atomic mass is 9.95. The van der Waals surface area contributed by atoms with Crippen LogP contribution < -0.4 is 11.1 Å². The lowest BCUT2D eigenvalue weighted by molar-refractivity contribution is -0.136. The van der Waals surface area contributed by atoms with Crippen molar-refractivity contribution in [3.05, 3.63) is 0 Å². The summed E-state index contributed by atoms with van der Waals surface area (Å²) in [6, 6.07) is -0.380. The van der Waals surface area contributed by atoms with Gasteiger partial charge in [0.1, 0.15) is 0 Å². The van der Waals surface area contributed by atoms with Gasteiger partial charge in [-0.1, -0.05) is 26.7 Å². The molecule has 0 aromatic carbocycles. The van der Waals surface area contributed by atoms with Gasteiger partial charge in [-0.3, -0.25) is 9.59 Å². The Morgan fingerprint density at radius 3 is 2.45 bits per heavy atom. The number of carbonyl (C=O) groups is 2. The van der Waals surface area contributed by atoms with Gasteiger partial charge in [0.05, 0.1) is 6.04 Å². The Morgan fingerprint density at radius 2 is 1.90 bits per heavy atom. The minimum absolute atomic E-state index is 0.0386. The van der Waals surface area contributed by atoms with E-state index < -0.39 is 0 Å². The van der Waals surface area contributed by atoms with Gasteiger partial charge in [0.2, 0.25) is 11.8 Å². The number of hydrogen-bond donors (Lipinski definition) is 2. The van der Waals surface area contributed by atoms with E-state index in [4.69, 9.17) is 5.73 Å². The highest BCUT2D eigenvalue weighted by Crippen LogP contribution is 2.18. The largest absolute Gasteiger partial charge is 0.356 e. The molecule has 1 saturated heterocycles. The molecule has 2 amide bonds. The molecule has 0 aromatic rings. The van der Waals surface area contributed by atoms with Crippen molar-refractivity contribution in [3.63, 3.8) is 0 Å². The predicted octanol–water partition coefficient (Wildman–Crippen LogP) is 1.27. The molecule has 0 spiro atoms. The maximum atomic E-state index is 12.1. The third-order valence-corrected chi connectivity index (χ3v) is 3.92. The summed E-state index contributed by atoms with van der Waals surface area (Å²) in [5.41, 5.74) is 5.86. The fourth-order valence-corrected chi connectivity index (χ4v) is 2.56. The highest BCUT2D eigenvalue weighted by Gasteiger charge is 2.28. The third kappa shape index (κ3) is 5.12. The summed E-state index contributed by atoms with van der Waals surface area (Å²) >= 11 is 0. The number of unbranched alkanes of at least 4 members (excludes halogenated alkanes) is 1. The van der Waals surface area contributed by atoms with Gasteiger partial charge in [-0.15, -0.1) is 0 Å². The van der Waals surface area contributed by atoms with Crippen molar-refractivity contribution in [3.8, 4) is 0 Å². The average molecular weight is 283 g/mol. The smallest absolute Gasteiger partial charge is 0.239 e. The van der Waals surface area contributed by atoms with Crippen molar-refractivity contribution in [2.24, 2.45) is 11.7 Å². The molecule has 5 heteroatoms. The number of nitrogens with two attached hydrogens (primary N) is 1. The van der Waals surface area contributed by atoms with E-state index in [1.54, 1.807) is 0 Å². The zero-order valence-corrected chi connectivity index (χ0v) is 12.9. The van der Waals surface area contributed by atoms with Gasteiger partial charge < -0.3 is 16.0 Å². The normalized spacial score (nSPS) is 17.9. The Kier molecular flexibility index (Phi) is 7.59. The Morgan fingerprint density at radius 1 is 1.25 bits per heavy atom. The van der Waals surface area contributed by atoms with Gasteiger partial charge >= 0.3 is 0 Å². The molecule has 0 unspecified atom stereocenters. The number of amides is 2. The molecule has 5 nitrogen and oxygen atoms in total. The van der Waals surface area contributed by atoms with Crippen LogP contribution in [0.4, 0.5) is 0 Å². The van der Waals surface area contributed by atoms with Crippen molar-refractivity contribution >= 4 is 11.8 Å². The van der Waals surface area contributed by atoms with E-state index in [9.17, 15) is 9.59 Å². The molecule has 116 valence electrons. The molecule has 1 fully saturated rings. The third-order valence-electron chi connectivity index (χ3n) is 3.92. The molecule has 1 atom stereocenters. The number of nitrogens with zero attached hydrogens (tertiary/aromatic N) is 1. The van der Waals surface area contributed by atoms with Gasteiger partial charge in [-0.05, 0) is 25.7 Å². The molecule has 0 bridgehead atoms. The van der Waals surface area contributed by atoms with E-state index in [1.165, 1.54) is 0 Å². The van der Waals surface area contributed by atoms with Crippen LogP contribution in [0.25, 0.3) is 0 Å². The molecule has 1 rings (SSSR count). The molecule has 0 saturated carbocycles. The zero-order chi connectivity index (χ0) is 15.0. The number of carbonyl (C=O) groups excluding carboxylic acids is 2. The van der Waals surface area contributed by atoms with Crippen molar-refractivity contribution in [1.82, 2.24) is 10.2 Å². The molecule has 3 N–H and O–H groups in total. The second-order valence-electron chi connectivity index (χ2n) is 5.64. The first-order valence-electron chi connectivity index (χ1n) is 7.92. The molecular weight excluding hydrogens is 254 g/mol. The monoisotopic (exact) mass is 283 g/mol. The molecule has 1 heterocycles. The van der Waals surface area contributed by atoms with Crippen LogP contribution in [0.3, 0.4) is 0 Å². The first-order valence-corrected chi connectivity index (χ1v) is 7.92. The van der Waals surface area contributed by atoms with Gasteiger partial charge in [0, 0.05) is 25.6 Å². The zero-order valence-electron chi connectivity index (χ0n) is 12.9. The van der Waals surface area contributed by atoms with Crippen LogP contribution >= 0.6 is 0 Å². The SMILES string of the molecule is CCCCNC(=O)C1CCN(C(=O)[C@H](N)CCC)CC1. The quantitative estimate of drug-likeness (QED) is 0.691. The van der Waals surface area contributed by atoms with Crippen LogP contribution in [0, 0.1) is 5.92 Å². The second kappa shape index (κ2) is 8.95. The molecule has 1 aliphatic heterocycles. The van der Waals surface area contributed by atoms with E-state index in [0.717, 1.165) is 45.1 Å². The first-order chi connectivity index (χ1) is 9.60. The van der Waals surface area contributed by atoms with Crippen LogP contribution in [-0.4, -0.2) is 42.4 Å². The Bertz CT molecular complexity index is 312. The summed E-state index contributed by atoms with van der Waals surface area (Å²) in [6.45, 7) is 6.20. The van der Waals surface area contributed by atoms with E-state index in [-0.39, 0.29) is 23.8 Å². The summed E-state index contributed by atoms with van der Waals surface area (Å²) in [6.07, 6.45) is 5.27.